The molecule has 1 aromatic carbocycles. The molecule has 3 heterocycles. The van der Waals surface area contributed by atoms with E-state index in [1.54, 1.807) is 35.6 Å². The second-order valence-corrected chi connectivity index (χ2v) is 12.0. The van der Waals surface area contributed by atoms with Gasteiger partial charge >= 0.3 is 0 Å². The predicted octanol–water partition coefficient (Wildman–Crippen LogP) is 5.09. The Balaban J connectivity index is 1.46. The van der Waals surface area contributed by atoms with E-state index in [0.29, 0.717) is 28.0 Å². The fourth-order valence-corrected chi connectivity index (χ4v) is 5.59. The number of benzene rings is 1. The maximum absolute atomic E-state index is 12.9. The van der Waals surface area contributed by atoms with E-state index < -0.39 is 9.84 Å². The number of nitrogens with zero attached hydrogens (tertiary/aromatic N) is 3. The molecule has 180 valence electrons. The van der Waals surface area contributed by atoms with E-state index in [4.69, 9.17) is 11.6 Å². The highest BCUT2D eigenvalue weighted by molar-refractivity contribution is 7.90. The van der Waals surface area contributed by atoms with Crippen LogP contribution in [0.25, 0.3) is 0 Å². The first-order valence-corrected chi connectivity index (χ1v) is 14.3. The first kappa shape index (κ1) is 24.6. The number of anilines is 2. The molecule has 10 heteroatoms. The van der Waals surface area contributed by atoms with Crippen molar-refractivity contribution in [2.45, 2.75) is 37.0 Å². The van der Waals surface area contributed by atoms with Crippen LogP contribution in [-0.2, 0) is 16.3 Å². The molecule has 4 rings (SSSR count). The van der Waals surface area contributed by atoms with Crippen molar-refractivity contribution in [1.82, 2.24) is 9.97 Å². The molecule has 0 atom stereocenters. The number of carbonyl (C=O) groups is 1. The fraction of sp³-hybridized carbons (Fsp3) is 0.375. The Bertz CT molecular complexity index is 1240. The predicted molar refractivity (Wildman–Crippen MR) is 137 cm³/mol. The van der Waals surface area contributed by atoms with Crippen molar-refractivity contribution >= 4 is 50.2 Å². The summed E-state index contributed by atoms with van der Waals surface area (Å²) in [5, 5.41) is 6.50. The zero-order chi connectivity index (χ0) is 24.1. The van der Waals surface area contributed by atoms with Gasteiger partial charge in [-0.2, -0.15) is 0 Å². The molecule has 1 N–H and O–H groups in total. The summed E-state index contributed by atoms with van der Waals surface area (Å²) < 4.78 is 24.2. The van der Waals surface area contributed by atoms with Crippen LogP contribution in [0.5, 0.6) is 0 Å². The van der Waals surface area contributed by atoms with Crippen molar-refractivity contribution in [3.63, 3.8) is 0 Å². The molecule has 1 aliphatic rings. The Morgan fingerprint density at radius 1 is 1.24 bits per heavy atom. The number of amides is 1. The summed E-state index contributed by atoms with van der Waals surface area (Å²) in [5.41, 5.74) is 0.775. The standard InChI is InChI=1S/C24H27ClN4O3S2/c1-34(31,32)20-15-21(28-24(30)18-5-3-6-19(25)14-18)23(27-16-20)29-11-8-17(9-12-29)4-2-7-22-26-10-13-33-22/h3,5-6,10,13-17H,2,4,7-9,11-12H2,1H3,(H,28,30). The first-order chi connectivity index (χ1) is 16.3. The van der Waals surface area contributed by atoms with Gasteiger partial charge in [-0.05, 0) is 62.3 Å². The quantitative estimate of drug-likeness (QED) is 0.446. The summed E-state index contributed by atoms with van der Waals surface area (Å²) in [7, 11) is -3.48. The number of pyridine rings is 1. The second-order valence-electron chi connectivity index (χ2n) is 8.53. The second kappa shape index (κ2) is 10.8. The molecule has 3 aromatic rings. The number of carbonyl (C=O) groups excluding carboxylic acids is 1. The number of hydrogen-bond donors (Lipinski definition) is 1. The Labute approximate surface area is 209 Å². The zero-order valence-electron chi connectivity index (χ0n) is 18.9. The van der Waals surface area contributed by atoms with Gasteiger partial charge in [0.05, 0.1) is 15.6 Å². The van der Waals surface area contributed by atoms with Gasteiger partial charge in [-0.3, -0.25) is 4.79 Å². The average Bonchev–Trinajstić information content (AvgIpc) is 3.33. The molecule has 2 aromatic heterocycles. The largest absolute Gasteiger partial charge is 0.355 e. The molecule has 0 radical (unpaired) electrons. The van der Waals surface area contributed by atoms with Gasteiger partial charge in [0, 0.05) is 47.7 Å². The van der Waals surface area contributed by atoms with E-state index in [1.807, 2.05) is 11.6 Å². The van der Waals surface area contributed by atoms with Gasteiger partial charge in [-0.25, -0.2) is 18.4 Å². The zero-order valence-corrected chi connectivity index (χ0v) is 21.3. The lowest BCUT2D eigenvalue weighted by Gasteiger charge is -2.34. The normalized spacial score (nSPS) is 14.8. The van der Waals surface area contributed by atoms with E-state index in [0.717, 1.165) is 51.4 Å². The Kier molecular flexibility index (Phi) is 7.85. The van der Waals surface area contributed by atoms with Crippen LogP contribution < -0.4 is 10.2 Å². The summed E-state index contributed by atoms with van der Waals surface area (Å²) in [6, 6.07) is 8.10. The lowest BCUT2D eigenvalue weighted by Crippen LogP contribution is -2.35. The molecule has 0 saturated carbocycles. The SMILES string of the molecule is CS(=O)(=O)c1cnc(N2CCC(CCCc3nccs3)CC2)c(NC(=O)c2cccc(Cl)c2)c1. The van der Waals surface area contributed by atoms with Crippen molar-refractivity contribution in [2.75, 3.05) is 29.6 Å². The molecule has 34 heavy (non-hydrogen) atoms. The average molecular weight is 519 g/mol. The van der Waals surface area contributed by atoms with Crippen LogP contribution in [0.1, 0.15) is 41.0 Å². The summed E-state index contributed by atoms with van der Waals surface area (Å²) >= 11 is 7.73. The Morgan fingerprint density at radius 3 is 2.71 bits per heavy atom. The van der Waals surface area contributed by atoms with Gasteiger partial charge in [0.2, 0.25) is 0 Å². The van der Waals surface area contributed by atoms with E-state index in [1.165, 1.54) is 17.3 Å². The lowest BCUT2D eigenvalue weighted by molar-refractivity contribution is 0.102. The molecule has 0 unspecified atom stereocenters. The number of nitrogens with one attached hydrogen (secondary N) is 1. The summed E-state index contributed by atoms with van der Waals surface area (Å²) in [6.45, 7) is 1.60. The van der Waals surface area contributed by atoms with Crippen molar-refractivity contribution in [3.05, 3.63) is 63.7 Å². The van der Waals surface area contributed by atoms with Gasteiger partial charge in [-0.15, -0.1) is 11.3 Å². The van der Waals surface area contributed by atoms with Crippen LogP contribution in [0.15, 0.2) is 53.0 Å². The van der Waals surface area contributed by atoms with Gasteiger partial charge in [0.1, 0.15) is 0 Å². The van der Waals surface area contributed by atoms with Crippen molar-refractivity contribution in [1.29, 1.82) is 0 Å². The Morgan fingerprint density at radius 2 is 2.03 bits per heavy atom. The molecule has 1 amide bonds. The van der Waals surface area contributed by atoms with E-state index >= 15 is 0 Å². The fourth-order valence-electron chi connectivity index (χ4n) is 4.16. The molecular weight excluding hydrogens is 492 g/mol. The van der Waals surface area contributed by atoms with Crippen LogP contribution in [-0.4, -0.2) is 43.6 Å². The van der Waals surface area contributed by atoms with E-state index in [2.05, 4.69) is 20.2 Å². The minimum atomic E-state index is -3.48. The van der Waals surface area contributed by atoms with Crippen LogP contribution in [0.3, 0.4) is 0 Å². The highest BCUT2D eigenvalue weighted by atomic mass is 35.5. The third-order valence-electron chi connectivity index (χ3n) is 6.01. The van der Waals surface area contributed by atoms with Gasteiger partial charge in [-0.1, -0.05) is 17.7 Å². The molecular formula is C24H27ClN4O3S2. The first-order valence-electron chi connectivity index (χ1n) is 11.2. The molecule has 0 bridgehead atoms. The van der Waals surface area contributed by atoms with Crippen LogP contribution in [0.4, 0.5) is 11.5 Å². The van der Waals surface area contributed by atoms with Gasteiger partial charge < -0.3 is 10.2 Å². The molecule has 1 saturated heterocycles. The summed E-state index contributed by atoms with van der Waals surface area (Å²) in [4.78, 5) is 23.9. The molecule has 0 aliphatic carbocycles. The van der Waals surface area contributed by atoms with Crippen LogP contribution in [0, 0.1) is 5.92 Å². The Hall–Kier alpha value is -2.49. The molecule has 1 fully saturated rings. The van der Waals surface area contributed by atoms with E-state index in [-0.39, 0.29) is 10.8 Å². The number of hydrogen-bond acceptors (Lipinski definition) is 7. The van der Waals surface area contributed by atoms with Crippen molar-refractivity contribution < 1.29 is 13.2 Å². The monoisotopic (exact) mass is 518 g/mol. The number of halogens is 1. The minimum absolute atomic E-state index is 0.0646. The summed E-state index contributed by atoms with van der Waals surface area (Å²) in [5.74, 6) is 0.855. The minimum Gasteiger partial charge on any atom is -0.355 e. The third kappa shape index (κ3) is 6.34. The molecule has 0 spiro atoms. The topological polar surface area (TPSA) is 92.3 Å². The number of sulfone groups is 1. The smallest absolute Gasteiger partial charge is 0.255 e. The molecule has 7 nitrogen and oxygen atoms in total. The number of aromatic nitrogens is 2. The maximum Gasteiger partial charge on any atom is 0.255 e. The van der Waals surface area contributed by atoms with Crippen molar-refractivity contribution in [2.24, 2.45) is 5.92 Å². The lowest BCUT2D eigenvalue weighted by atomic mass is 9.91. The highest BCUT2D eigenvalue weighted by Crippen LogP contribution is 2.32. The molecule has 1 aliphatic heterocycles. The van der Waals surface area contributed by atoms with Gasteiger partial charge in [0.25, 0.3) is 5.91 Å². The van der Waals surface area contributed by atoms with Crippen LogP contribution >= 0.6 is 22.9 Å². The maximum atomic E-state index is 12.9. The van der Waals surface area contributed by atoms with E-state index in [9.17, 15) is 13.2 Å². The van der Waals surface area contributed by atoms with Crippen LogP contribution in [0.2, 0.25) is 5.02 Å². The van der Waals surface area contributed by atoms with Crippen molar-refractivity contribution in [3.8, 4) is 0 Å². The number of thiazole rings is 1. The third-order valence-corrected chi connectivity index (χ3v) is 8.16. The van der Waals surface area contributed by atoms with Gasteiger partial charge in [0.15, 0.2) is 15.7 Å². The number of rotatable bonds is 8. The number of aryl methyl sites for hydroxylation is 1. The summed E-state index contributed by atoms with van der Waals surface area (Å²) in [6.07, 6.45) is 9.69. The number of piperidine rings is 1. The highest BCUT2D eigenvalue weighted by Gasteiger charge is 2.24.